The predicted molar refractivity (Wildman–Crippen MR) is 62.5 cm³/mol. The Morgan fingerprint density at radius 1 is 1.53 bits per heavy atom. The third kappa shape index (κ3) is 2.52. The van der Waals surface area contributed by atoms with Crippen LogP contribution in [0, 0.1) is 0 Å². The zero-order chi connectivity index (χ0) is 12.3. The van der Waals surface area contributed by atoms with Crippen LogP contribution in [0.3, 0.4) is 0 Å². The monoisotopic (exact) mass is 236 g/mol. The van der Waals surface area contributed by atoms with E-state index in [1.807, 2.05) is 25.1 Å². The predicted octanol–water partition coefficient (Wildman–Crippen LogP) is 2.12. The Morgan fingerprint density at radius 3 is 3.06 bits per heavy atom. The minimum absolute atomic E-state index is 0.0675. The normalized spacial score (nSPS) is 17.2. The second-order valence-corrected chi connectivity index (χ2v) is 3.92. The van der Waals surface area contributed by atoms with Crippen LogP contribution in [-0.4, -0.2) is 26.3 Å². The van der Waals surface area contributed by atoms with Crippen LogP contribution < -0.4 is 9.47 Å². The van der Waals surface area contributed by atoms with Gasteiger partial charge in [0, 0.05) is 11.5 Å². The van der Waals surface area contributed by atoms with Gasteiger partial charge in [-0.3, -0.25) is 4.79 Å². The summed E-state index contributed by atoms with van der Waals surface area (Å²) < 4.78 is 15.6. The number of fused-ring (bicyclic) bond motifs is 1. The number of hydrogen-bond donors (Lipinski definition) is 0. The zero-order valence-corrected chi connectivity index (χ0v) is 10.1. The molecule has 17 heavy (non-hydrogen) atoms. The molecule has 1 aromatic carbocycles. The van der Waals surface area contributed by atoms with E-state index in [0.29, 0.717) is 19.6 Å². The number of esters is 1. The third-order valence-electron chi connectivity index (χ3n) is 2.81. The first-order chi connectivity index (χ1) is 8.24. The molecule has 1 aliphatic rings. The highest BCUT2D eigenvalue weighted by Crippen LogP contribution is 2.38. The molecule has 0 saturated carbocycles. The van der Waals surface area contributed by atoms with E-state index in [0.717, 1.165) is 17.1 Å². The summed E-state index contributed by atoms with van der Waals surface area (Å²) in [6, 6.07) is 5.71. The van der Waals surface area contributed by atoms with E-state index in [4.69, 9.17) is 9.47 Å². The van der Waals surface area contributed by atoms with Gasteiger partial charge < -0.3 is 14.2 Å². The summed E-state index contributed by atoms with van der Waals surface area (Å²) in [6.07, 6.45) is 0.346. The number of benzene rings is 1. The standard InChI is InChI=1S/C13H16O4/c1-3-16-10-4-5-12-11(7-10)9(8-17-12)6-13(14)15-2/h4-5,7,9H,3,6,8H2,1-2H3/t9-/m0/s1. The number of ether oxygens (including phenoxy) is 3. The van der Waals surface area contributed by atoms with Gasteiger partial charge in [0.1, 0.15) is 11.5 Å². The summed E-state index contributed by atoms with van der Waals surface area (Å²) in [6.45, 7) is 3.09. The van der Waals surface area contributed by atoms with Gasteiger partial charge in [0.05, 0.1) is 26.7 Å². The second kappa shape index (κ2) is 5.08. The number of hydrogen-bond acceptors (Lipinski definition) is 4. The highest BCUT2D eigenvalue weighted by molar-refractivity contribution is 5.71. The summed E-state index contributed by atoms with van der Waals surface area (Å²) in [5.74, 6) is 1.50. The van der Waals surface area contributed by atoms with Gasteiger partial charge in [0.2, 0.25) is 0 Å². The van der Waals surface area contributed by atoms with Gasteiger partial charge in [-0.05, 0) is 25.1 Å². The van der Waals surface area contributed by atoms with Crippen molar-refractivity contribution in [2.24, 2.45) is 0 Å². The van der Waals surface area contributed by atoms with Crippen LogP contribution in [0.15, 0.2) is 18.2 Å². The maximum Gasteiger partial charge on any atom is 0.306 e. The largest absolute Gasteiger partial charge is 0.494 e. The van der Waals surface area contributed by atoms with E-state index in [1.165, 1.54) is 7.11 Å². The van der Waals surface area contributed by atoms with Gasteiger partial charge in [0.15, 0.2) is 0 Å². The first-order valence-electron chi connectivity index (χ1n) is 5.71. The fourth-order valence-electron chi connectivity index (χ4n) is 1.97. The Kier molecular flexibility index (Phi) is 3.52. The van der Waals surface area contributed by atoms with Gasteiger partial charge in [-0.2, -0.15) is 0 Å². The van der Waals surface area contributed by atoms with Crippen LogP contribution in [0.25, 0.3) is 0 Å². The van der Waals surface area contributed by atoms with Gasteiger partial charge in [-0.1, -0.05) is 0 Å². The zero-order valence-electron chi connectivity index (χ0n) is 10.1. The molecule has 0 aromatic heterocycles. The van der Waals surface area contributed by atoms with Crippen LogP contribution in [0.1, 0.15) is 24.8 Å². The summed E-state index contributed by atoms with van der Waals surface area (Å²) in [5, 5.41) is 0. The second-order valence-electron chi connectivity index (χ2n) is 3.92. The Bertz CT molecular complexity index is 414. The van der Waals surface area contributed by atoms with Crippen molar-refractivity contribution in [3.63, 3.8) is 0 Å². The average Bonchev–Trinajstić information content (AvgIpc) is 2.72. The summed E-state index contributed by atoms with van der Waals surface area (Å²) in [5.41, 5.74) is 1.03. The quantitative estimate of drug-likeness (QED) is 0.751. The van der Waals surface area contributed by atoms with Crippen molar-refractivity contribution in [1.82, 2.24) is 0 Å². The molecule has 0 saturated heterocycles. The molecule has 0 unspecified atom stereocenters. The Hall–Kier alpha value is -1.71. The molecule has 0 amide bonds. The lowest BCUT2D eigenvalue weighted by molar-refractivity contribution is -0.141. The van der Waals surface area contributed by atoms with Crippen molar-refractivity contribution >= 4 is 5.97 Å². The lowest BCUT2D eigenvalue weighted by Gasteiger charge is -2.08. The van der Waals surface area contributed by atoms with Crippen LogP contribution >= 0.6 is 0 Å². The SMILES string of the molecule is CCOc1ccc2c(c1)[C@@H](CC(=O)OC)CO2. The molecular formula is C13H16O4. The molecule has 1 aliphatic heterocycles. The lowest BCUT2D eigenvalue weighted by atomic mass is 9.98. The molecule has 0 fully saturated rings. The molecule has 0 spiro atoms. The minimum Gasteiger partial charge on any atom is -0.494 e. The van der Waals surface area contributed by atoms with Crippen LogP contribution in [0.2, 0.25) is 0 Å². The van der Waals surface area contributed by atoms with Gasteiger partial charge >= 0.3 is 5.97 Å². The molecule has 0 aliphatic carbocycles. The molecule has 4 heteroatoms. The van der Waals surface area contributed by atoms with Crippen molar-refractivity contribution in [1.29, 1.82) is 0 Å². The molecule has 92 valence electrons. The van der Waals surface area contributed by atoms with Gasteiger partial charge in [0.25, 0.3) is 0 Å². The van der Waals surface area contributed by atoms with Gasteiger partial charge in [-0.15, -0.1) is 0 Å². The molecule has 0 radical (unpaired) electrons. The van der Waals surface area contributed by atoms with E-state index in [1.54, 1.807) is 0 Å². The molecular weight excluding hydrogens is 220 g/mol. The molecule has 4 nitrogen and oxygen atoms in total. The van der Waals surface area contributed by atoms with E-state index in [2.05, 4.69) is 4.74 Å². The average molecular weight is 236 g/mol. The third-order valence-corrected chi connectivity index (χ3v) is 2.81. The Morgan fingerprint density at radius 2 is 2.35 bits per heavy atom. The first kappa shape index (κ1) is 11.8. The van der Waals surface area contributed by atoms with Crippen LogP contribution in [0.4, 0.5) is 0 Å². The maximum absolute atomic E-state index is 11.3. The smallest absolute Gasteiger partial charge is 0.306 e. The highest BCUT2D eigenvalue weighted by Gasteiger charge is 2.27. The van der Waals surface area contributed by atoms with Crippen molar-refractivity contribution in [3.8, 4) is 11.5 Å². The topological polar surface area (TPSA) is 44.8 Å². The van der Waals surface area contributed by atoms with E-state index in [9.17, 15) is 4.79 Å². The van der Waals surface area contributed by atoms with E-state index in [-0.39, 0.29) is 11.9 Å². The molecule has 2 rings (SSSR count). The van der Waals surface area contributed by atoms with Crippen molar-refractivity contribution < 1.29 is 19.0 Å². The first-order valence-corrected chi connectivity index (χ1v) is 5.71. The maximum atomic E-state index is 11.3. The fourth-order valence-corrected chi connectivity index (χ4v) is 1.97. The van der Waals surface area contributed by atoms with Gasteiger partial charge in [-0.25, -0.2) is 0 Å². The Labute approximate surface area is 100 Å². The molecule has 1 aromatic rings. The van der Waals surface area contributed by atoms with Crippen molar-refractivity contribution in [3.05, 3.63) is 23.8 Å². The summed E-state index contributed by atoms with van der Waals surface area (Å²) >= 11 is 0. The van der Waals surface area contributed by atoms with Crippen molar-refractivity contribution in [2.75, 3.05) is 20.3 Å². The van der Waals surface area contributed by atoms with Crippen molar-refractivity contribution in [2.45, 2.75) is 19.3 Å². The molecule has 1 atom stereocenters. The number of rotatable bonds is 4. The number of carbonyl (C=O) groups is 1. The summed E-state index contributed by atoms with van der Waals surface area (Å²) in [4.78, 5) is 11.3. The van der Waals surface area contributed by atoms with E-state index < -0.39 is 0 Å². The number of carbonyl (C=O) groups excluding carboxylic acids is 1. The molecule has 1 heterocycles. The summed E-state index contributed by atoms with van der Waals surface area (Å²) in [7, 11) is 1.40. The minimum atomic E-state index is -0.215. The number of methoxy groups -OCH3 is 1. The highest BCUT2D eigenvalue weighted by atomic mass is 16.5. The Balaban J connectivity index is 2.17. The fraction of sp³-hybridized carbons (Fsp3) is 0.462. The lowest BCUT2D eigenvalue weighted by Crippen LogP contribution is -2.09. The molecule has 0 N–H and O–H groups in total. The molecule has 0 bridgehead atoms. The van der Waals surface area contributed by atoms with Crippen LogP contribution in [-0.2, 0) is 9.53 Å². The van der Waals surface area contributed by atoms with E-state index >= 15 is 0 Å². The van der Waals surface area contributed by atoms with Crippen LogP contribution in [0.5, 0.6) is 11.5 Å².